The van der Waals surface area contributed by atoms with E-state index in [2.05, 4.69) is 4.98 Å². The zero-order valence-corrected chi connectivity index (χ0v) is 10.9. The van der Waals surface area contributed by atoms with E-state index in [1.54, 1.807) is 18.4 Å². The average molecular weight is 279 g/mol. The first-order valence-corrected chi connectivity index (χ1v) is 6.50. The smallest absolute Gasteiger partial charge is 0.227 e. The predicted molar refractivity (Wildman–Crippen MR) is 77.1 cm³/mol. The predicted octanol–water partition coefficient (Wildman–Crippen LogP) is 4.89. The molecule has 0 fully saturated rings. The molecule has 2 aromatic heterocycles. The fraction of sp³-hybridized carbons (Fsp3) is 0. The summed E-state index contributed by atoms with van der Waals surface area (Å²) in [6, 6.07) is 15.5. The Morgan fingerprint density at radius 3 is 2.67 bits per heavy atom. The molecule has 4 aromatic rings. The molecule has 0 saturated carbocycles. The molecule has 0 N–H and O–H groups in total. The van der Waals surface area contributed by atoms with Crippen molar-refractivity contribution in [1.29, 1.82) is 0 Å². The van der Waals surface area contributed by atoms with Crippen LogP contribution in [0.2, 0.25) is 0 Å². The van der Waals surface area contributed by atoms with E-state index in [0.717, 1.165) is 11.3 Å². The Kier molecular flexibility index (Phi) is 2.60. The van der Waals surface area contributed by atoms with Gasteiger partial charge in [-0.1, -0.05) is 6.07 Å². The van der Waals surface area contributed by atoms with Gasteiger partial charge in [0.15, 0.2) is 5.58 Å². The maximum Gasteiger partial charge on any atom is 0.227 e. The van der Waals surface area contributed by atoms with Gasteiger partial charge in [0.2, 0.25) is 5.89 Å². The molecule has 0 atom stereocenters. The van der Waals surface area contributed by atoms with E-state index in [9.17, 15) is 4.39 Å². The summed E-state index contributed by atoms with van der Waals surface area (Å²) in [5.41, 5.74) is 2.91. The van der Waals surface area contributed by atoms with E-state index >= 15 is 0 Å². The lowest BCUT2D eigenvalue weighted by molar-refractivity contribution is 0.582. The quantitative estimate of drug-likeness (QED) is 0.524. The molecule has 4 heteroatoms. The largest absolute Gasteiger partial charge is 0.464 e. The first-order valence-electron chi connectivity index (χ1n) is 6.50. The van der Waals surface area contributed by atoms with Crippen molar-refractivity contribution in [3.05, 3.63) is 66.7 Å². The number of oxazole rings is 1. The van der Waals surface area contributed by atoms with Gasteiger partial charge in [-0.2, -0.15) is 0 Å². The van der Waals surface area contributed by atoms with E-state index in [4.69, 9.17) is 8.83 Å². The highest BCUT2D eigenvalue weighted by atomic mass is 19.1. The third-order valence-electron chi connectivity index (χ3n) is 3.26. The molecule has 2 aromatic carbocycles. The van der Waals surface area contributed by atoms with Gasteiger partial charge >= 0.3 is 0 Å². The van der Waals surface area contributed by atoms with Crippen molar-refractivity contribution in [2.24, 2.45) is 0 Å². The number of aromatic nitrogens is 1. The molecule has 0 aliphatic rings. The lowest BCUT2D eigenvalue weighted by Crippen LogP contribution is -1.79. The number of nitrogens with zero attached hydrogens (tertiary/aromatic N) is 1. The maximum absolute atomic E-state index is 13.3. The summed E-state index contributed by atoms with van der Waals surface area (Å²) in [6.45, 7) is 0. The molecule has 0 radical (unpaired) electrons. The third-order valence-corrected chi connectivity index (χ3v) is 3.26. The van der Waals surface area contributed by atoms with Gasteiger partial charge in [-0.15, -0.1) is 0 Å². The van der Waals surface area contributed by atoms with Crippen molar-refractivity contribution in [2.45, 2.75) is 0 Å². The molecule has 0 aliphatic heterocycles. The minimum atomic E-state index is -0.314. The zero-order valence-electron chi connectivity index (χ0n) is 10.9. The maximum atomic E-state index is 13.3. The average Bonchev–Trinajstić information content (AvgIpc) is 3.16. The zero-order chi connectivity index (χ0) is 14.2. The number of hydrogen-bond donors (Lipinski definition) is 0. The summed E-state index contributed by atoms with van der Waals surface area (Å²) in [5.74, 6) is 0.860. The van der Waals surface area contributed by atoms with Crippen LogP contribution in [0, 0.1) is 5.82 Å². The van der Waals surface area contributed by atoms with Gasteiger partial charge in [-0.3, -0.25) is 0 Å². The number of hydrogen-bond acceptors (Lipinski definition) is 3. The summed E-state index contributed by atoms with van der Waals surface area (Å²) in [5, 5.41) is 0. The lowest BCUT2D eigenvalue weighted by atomic mass is 10.1. The van der Waals surface area contributed by atoms with Crippen LogP contribution in [0.5, 0.6) is 0 Å². The molecule has 0 unspecified atom stereocenters. The number of rotatable bonds is 2. The first kappa shape index (κ1) is 11.9. The fourth-order valence-corrected chi connectivity index (χ4v) is 2.27. The summed E-state index contributed by atoms with van der Waals surface area (Å²) >= 11 is 0. The van der Waals surface area contributed by atoms with Crippen LogP contribution < -0.4 is 0 Å². The Labute approximate surface area is 119 Å². The van der Waals surface area contributed by atoms with Crippen LogP contribution >= 0.6 is 0 Å². The summed E-state index contributed by atoms with van der Waals surface area (Å²) in [4.78, 5) is 4.42. The molecule has 3 nitrogen and oxygen atoms in total. The monoisotopic (exact) mass is 279 g/mol. The van der Waals surface area contributed by atoms with E-state index in [-0.39, 0.29) is 5.82 Å². The number of benzene rings is 2. The Morgan fingerprint density at radius 2 is 1.86 bits per heavy atom. The molecule has 21 heavy (non-hydrogen) atoms. The second-order valence-electron chi connectivity index (χ2n) is 4.69. The molecular weight excluding hydrogens is 269 g/mol. The minimum absolute atomic E-state index is 0.314. The molecule has 4 rings (SSSR count). The molecule has 102 valence electrons. The molecular formula is C17H10FNO2. The fourth-order valence-electron chi connectivity index (χ4n) is 2.27. The van der Waals surface area contributed by atoms with Crippen molar-refractivity contribution >= 4 is 11.1 Å². The van der Waals surface area contributed by atoms with Crippen LogP contribution in [-0.2, 0) is 0 Å². The van der Waals surface area contributed by atoms with Gasteiger partial charge < -0.3 is 8.83 Å². The number of halogens is 1. The van der Waals surface area contributed by atoms with E-state index in [1.807, 2.05) is 30.3 Å². The second-order valence-corrected chi connectivity index (χ2v) is 4.69. The standard InChI is InChI=1S/C17H10FNO2/c18-13-4-1-3-12(9-13)17-19-14-10-11(6-7-16(14)21-17)15-5-2-8-20-15/h1-10H. The highest BCUT2D eigenvalue weighted by Gasteiger charge is 2.10. The van der Waals surface area contributed by atoms with Crippen molar-refractivity contribution in [3.8, 4) is 22.8 Å². The van der Waals surface area contributed by atoms with Crippen molar-refractivity contribution in [3.63, 3.8) is 0 Å². The lowest BCUT2D eigenvalue weighted by Gasteiger charge is -1.94. The molecule has 0 saturated heterocycles. The van der Waals surface area contributed by atoms with Crippen LogP contribution in [-0.4, -0.2) is 4.98 Å². The molecule has 0 bridgehead atoms. The highest BCUT2D eigenvalue weighted by molar-refractivity contribution is 5.81. The van der Waals surface area contributed by atoms with E-state index in [0.29, 0.717) is 22.6 Å². The van der Waals surface area contributed by atoms with E-state index in [1.165, 1.54) is 12.1 Å². The minimum Gasteiger partial charge on any atom is -0.464 e. The van der Waals surface area contributed by atoms with Crippen LogP contribution in [0.3, 0.4) is 0 Å². The first-order chi connectivity index (χ1) is 10.3. The van der Waals surface area contributed by atoms with E-state index < -0.39 is 0 Å². The number of fused-ring (bicyclic) bond motifs is 1. The molecule has 2 heterocycles. The third kappa shape index (κ3) is 2.10. The van der Waals surface area contributed by atoms with Crippen molar-refractivity contribution in [1.82, 2.24) is 4.98 Å². The van der Waals surface area contributed by atoms with Gasteiger partial charge in [0.25, 0.3) is 0 Å². The summed E-state index contributed by atoms with van der Waals surface area (Å²) in [6.07, 6.45) is 1.63. The SMILES string of the molecule is Fc1cccc(-c2nc3cc(-c4ccco4)ccc3o2)c1. The van der Waals surface area contributed by atoms with Crippen LogP contribution in [0.25, 0.3) is 33.9 Å². The topological polar surface area (TPSA) is 39.2 Å². The van der Waals surface area contributed by atoms with Gasteiger partial charge in [0, 0.05) is 11.1 Å². The number of furan rings is 1. The van der Waals surface area contributed by atoms with Crippen molar-refractivity contribution < 1.29 is 13.2 Å². The van der Waals surface area contributed by atoms with Crippen molar-refractivity contribution in [2.75, 3.05) is 0 Å². The Balaban J connectivity index is 1.83. The van der Waals surface area contributed by atoms with Gasteiger partial charge in [-0.25, -0.2) is 9.37 Å². The Morgan fingerprint density at radius 1 is 0.905 bits per heavy atom. The van der Waals surface area contributed by atoms with Gasteiger partial charge in [0.1, 0.15) is 17.1 Å². The molecule has 0 spiro atoms. The van der Waals surface area contributed by atoms with Gasteiger partial charge in [-0.05, 0) is 48.5 Å². The Bertz CT molecular complexity index is 910. The summed E-state index contributed by atoms with van der Waals surface area (Å²) in [7, 11) is 0. The normalized spacial score (nSPS) is 11.1. The van der Waals surface area contributed by atoms with Crippen LogP contribution in [0.1, 0.15) is 0 Å². The Hall–Kier alpha value is -2.88. The van der Waals surface area contributed by atoms with Crippen LogP contribution in [0.4, 0.5) is 4.39 Å². The summed E-state index contributed by atoms with van der Waals surface area (Å²) < 4.78 is 24.3. The molecule has 0 amide bonds. The van der Waals surface area contributed by atoms with Crippen LogP contribution in [0.15, 0.2) is 69.7 Å². The van der Waals surface area contributed by atoms with Gasteiger partial charge in [0.05, 0.1) is 6.26 Å². The highest BCUT2D eigenvalue weighted by Crippen LogP contribution is 2.28. The second kappa shape index (κ2) is 4.59. The molecule has 0 aliphatic carbocycles.